The highest BCUT2D eigenvalue weighted by atomic mass is 16.5. The number of rotatable bonds is 3. The number of anilines is 1. The predicted molar refractivity (Wildman–Crippen MR) is 66.0 cm³/mol. The van der Waals surface area contributed by atoms with Crippen molar-refractivity contribution >= 4 is 5.69 Å². The van der Waals surface area contributed by atoms with E-state index in [0.29, 0.717) is 6.54 Å². The smallest absolute Gasteiger partial charge is 0.147 e. The molecule has 0 bridgehead atoms. The van der Waals surface area contributed by atoms with Gasteiger partial charge in [0.2, 0.25) is 0 Å². The first-order chi connectivity index (χ1) is 8.10. The summed E-state index contributed by atoms with van der Waals surface area (Å²) < 4.78 is 7.14. The molecular formula is C12H16N4O. The minimum atomic E-state index is 0.612. The Balaban J connectivity index is 2.35. The van der Waals surface area contributed by atoms with Crippen molar-refractivity contribution in [2.75, 3.05) is 12.8 Å². The normalized spacial score (nSPS) is 10.5. The number of aryl methyl sites for hydroxylation is 2. The number of hydrogen-bond donors (Lipinski definition) is 1. The molecule has 17 heavy (non-hydrogen) atoms. The van der Waals surface area contributed by atoms with Gasteiger partial charge < -0.3 is 10.5 Å². The Bertz CT molecular complexity index is 533. The van der Waals surface area contributed by atoms with Crippen molar-refractivity contribution < 1.29 is 4.74 Å². The van der Waals surface area contributed by atoms with Crippen LogP contribution in [0.25, 0.3) is 0 Å². The Morgan fingerprint density at radius 3 is 2.71 bits per heavy atom. The second-order valence-corrected chi connectivity index (χ2v) is 3.94. The van der Waals surface area contributed by atoms with Crippen LogP contribution in [-0.2, 0) is 6.54 Å². The molecule has 0 aliphatic carbocycles. The molecule has 5 nitrogen and oxygen atoms in total. The van der Waals surface area contributed by atoms with Crippen molar-refractivity contribution in [2.45, 2.75) is 20.4 Å². The number of aromatic nitrogens is 3. The van der Waals surface area contributed by atoms with Crippen LogP contribution in [0.1, 0.15) is 17.2 Å². The van der Waals surface area contributed by atoms with Crippen molar-refractivity contribution in [2.24, 2.45) is 0 Å². The third-order valence-electron chi connectivity index (χ3n) is 2.59. The Morgan fingerprint density at radius 2 is 2.12 bits per heavy atom. The van der Waals surface area contributed by atoms with Crippen molar-refractivity contribution in [1.29, 1.82) is 0 Å². The van der Waals surface area contributed by atoms with E-state index in [1.807, 2.05) is 36.7 Å². The molecule has 0 atom stereocenters. The van der Waals surface area contributed by atoms with Gasteiger partial charge in [-0.15, -0.1) is 0 Å². The van der Waals surface area contributed by atoms with E-state index in [-0.39, 0.29) is 0 Å². The zero-order chi connectivity index (χ0) is 12.4. The molecule has 2 N–H and O–H groups in total. The van der Waals surface area contributed by atoms with Gasteiger partial charge in [-0.3, -0.25) is 0 Å². The van der Waals surface area contributed by atoms with E-state index in [1.54, 1.807) is 7.11 Å². The van der Waals surface area contributed by atoms with E-state index >= 15 is 0 Å². The van der Waals surface area contributed by atoms with Crippen LogP contribution in [0.15, 0.2) is 18.2 Å². The standard InChI is InChI=1S/C12H16N4O/c1-8-14-9(2)16(15-8)7-10-6-11(13)4-5-12(10)17-3/h4-6H,7,13H2,1-3H3. The third-order valence-corrected chi connectivity index (χ3v) is 2.59. The maximum atomic E-state index is 5.78. The van der Waals surface area contributed by atoms with Crippen LogP contribution in [0.4, 0.5) is 5.69 Å². The quantitative estimate of drug-likeness (QED) is 0.815. The highest BCUT2D eigenvalue weighted by molar-refractivity contribution is 5.47. The number of nitrogen functional groups attached to an aromatic ring is 1. The molecule has 5 heteroatoms. The van der Waals surface area contributed by atoms with Gasteiger partial charge >= 0.3 is 0 Å². The van der Waals surface area contributed by atoms with Gasteiger partial charge in [-0.2, -0.15) is 5.10 Å². The number of methoxy groups -OCH3 is 1. The largest absolute Gasteiger partial charge is 0.496 e. The van der Waals surface area contributed by atoms with Gasteiger partial charge in [-0.05, 0) is 32.0 Å². The van der Waals surface area contributed by atoms with E-state index in [4.69, 9.17) is 10.5 Å². The summed E-state index contributed by atoms with van der Waals surface area (Å²) in [5.41, 5.74) is 7.50. The molecule has 0 radical (unpaired) electrons. The predicted octanol–water partition coefficient (Wildman–Crippen LogP) is 1.53. The summed E-state index contributed by atoms with van der Waals surface area (Å²) in [4.78, 5) is 4.26. The molecule has 0 aliphatic rings. The Hall–Kier alpha value is -2.04. The zero-order valence-electron chi connectivity index (χ0n) is 10.3. The monoisotopic (exact) mass is 232 g/mol. The molecule has 90 valence electrons. The van der Waals surface area contributed by atoms with Gasteiger partial charge in [-0.1, -0.05) is 0 Å². The van der Waals surface area contributed by atoms with E-state index in [0.717, 1.165) is 28.6 Å². The molecule has 1 heterocycles. The topological polar surface area (TPSA) is 66.0 Å². The third kappa shape index (κ3) is 2.38. The maximum Gasteiger partial charge on any atom is 0.147 e. The minimum Gasteiger partial charge on any atom is -0.496 e. The molecule has 0 fully saturated rings. The van der Waals surface area contributed by atoms with E-state index < -0.39 is 0 Å². The Kier molecular flexibility index (Phi) is 2.99. The van der Waals surface area contributed by atoms with Gasteiger partial charge in [0.25, 0.3) is 0 Å². The van der Waals surface area contributed by atoms with Crippen molar-refractivity contribution in [3.8, 4) is 5.75 Å². The summed E-state index contributed by atoms with van der Waals surface area (Å²) in [6, 6.07) is 5.58. The molecule has 2 rings (SSSR count). The Morgan fingerprint density at radius 1 is 1.35 bits per heavy atom. The number of ether oxygens (including phenoxy) is 1. The van der Waals surface area contributed by atoms with Crippen molar-refractivity contribution in [3.05, 3.63) is 35.4 Å². The lowest BCUT2D eigenvalue weighted by Crippen LogP contribution is -2.06. The molecule has 1 aromatic carbocycles. The number of nitrogens with zero attached hydrogens (tertiary/aromatic N) is 3. The van der Waals surface area contributed by atoms with Gasteiger partial charge in [0.15, 0.2) is 0 Å². The van der Waals surface area contributed by atoms with Gasteiger partial charge in [0.05, 0.1) is 13.7 Å². The first kappa shape index (κ1) is 11.4. The van der Waals surface area contributed by atoms with Crippen LogP contribution < -0.4 is 10.5 Å². The summed E-state index contributed by atoms with van der Waals surface area (Å²) in [5.74, 6) is 2.46. The lowest BCUT2D eigenvalue weighted by Gasteiger charge is -2.10. The van der Waals surface area contributed by atoms with E-state index in [9.17, 15) is 0 Å². The van der Waals surface area contributed by atoms with Crippen LogP contribution in [0.2, 0.25) is 0 Å². The maximum absolute atomic E-state index is 5.78. The van der Waals surface area contributed by atoms with Gasteiger partial charge in [0.1, 0.15) is 17.4 Å². The van der Waals surface area contributed by atoms with Crippen LogP contribution in [0, 0.1) is 13.8 Å². The number of hydrogen-bond acceptors (Lipinski definition) is 4. The minimum absolute atomic E-state index is 0.612. The summed E-state index contributed by atoms with van der Waals surface area (Å²) in [6.07, 6.45) is 0. The number of benzene rings is 1. The van der Waals surface area contributed by atoms with Crippen LogP contribution >= 0.6 is 0 Å². The second-order valence-electron chi connectivity index (χ2n) is 3.94. The SMILES string of the molecule is COc1ccc(N)cc1Cn1nc(C)nc1C. The second kappa shape index (κ2) is 4.45. The van der Waals surface area contributed by atoms with E-state index in [1.165, 1.54) is 0 Å². The molecular weight excluding hydrogens is 216 g/mol. The fraction of sp³-hybridized carbons (Fsp3) is 0.333. The fourth-order valence-corrected chi connectivity index (χ4v) is 1.79. The average Bonchev–Trinajstić information content (AvgIpc) is 2.58. The molecule has 2 aromatic rings. The van der Waals surface area contributed by atoms with Gasteiger partial charge in [0, 0.05) is 11.3 Å². The molecule has 0 aliphatic heterocycles. The first-order valence-electron chi connectivity index (χ1n) is 5.40. The van der Waals surface area contributed by atoms with Crippen molar-refractivity contribution in [1.82, 2.24) is 14.8 Å². The summed E-state index contributed by atoms with van der Waals surface area (Å²) in [6.45, 7) is 4.42. The Labute approximate surface area is 100 Å². The van der Waals surface area contributed by atoms with Crippen molar-refractivity contribution in [3.63, 3.8) is 0 Å². The van der Waals surface area contributed by atoms with Crippen LogP contribution in [0.5, 0.6) is 5.75 Å². The highest BCUT2D eigenvalue weighted by Crippen LogP contribution is 2.22. The molecule has 0 saturated carbocycles. The van der Waals surface area contributed by atoms with Crippen LogP contribution in [-0.4, -0.2) is 21.9 Å². The highest BCUT2D eigenvalue weighted by Gasteiger charge is 2.08. The molecule has 0 saturated heterocycles. The lowest BCUT2D eigenvalue weighted by atomic mass is 10.2. The van der Waals surface area contributed by atoms with Gasteiger partial charge in [-0.25, -0.2) is 9.67 Å². The summed E-state index contributed by atoms with van der Waals surface area (Å²) in [5, 5.41) is 4.32. The molecule has 0 unspecified atom stereocenters. The fourth-order valence-electron chi connectivity index (χ4n) is 1.79. The summed E-state index contributed by atoms with van der Waals surface area (Å²) in [7, 11) is 1.65. The van der Waals surface area contributed by atoms with Crippen LogP contribution in [0.3, 0.4) is 0 Å². The van der Waals surface area contributed by atoms with E-state index in [2.05, 4.69) is 10.1 Å². The summed E-state index contributed by atoms with van der Waals surface area (Å²) >= 11 is 0. The lowest BCUT2D eigenvalue weighted by molar-refractivity contribution is 0.407. The average molecular weight is 232 g/mol. The molecule has 0 spiro atoms. The number of nitrogens with two attached hydrogens (primary N) is 1. The molecule has 1 aromatic heterocycles. The molecule has 0 amide bonds. The first-order valence-corrected chi connectivity index (χ1v) is 5.40. The zero-order valence-corrected chi connectivity index (χ0v) is 10.3.